The van der Waals surface area contributed by atoms with E-state index in [1.54, 1.807) is 12.4 Å². The first-order valence-electron chi connectivity index (χ1n) is 7.88. The molecule has 6 heteroatoms. The third kappa shape index (κ3) is 2.89. The molecule has 4 rings (SSSR count). The van der Waals surface area contributed by atoms with Gasteiger partial charge in [-0.15, -0.1) is 0 Å². The van der Waals surface area contributed by atoms with Crippen molar-refractivity contribution in [3.63, 3.8) is 0 Å². The lowest BCUT2D eigenvalue weighted by molar-refractivity contribution is 1.04. The molecule has 0 fully saturated rings. The number of aryl methyl sites for hydroxylation is 1. The quantitative estimate of drug-likeness (QED) is 0.512. The number of hydrogen-bond acceptors (Lipinski definition) is 4. The maximum atomic E-state index is 12.4. The highest BCUT2D eigenvalue weighted by atomic mass is 79.9. The van der Waals surface area contributed by atoms with Crippen molar-refractivity contribution in [2.24, 2.45) is 0 Å². The second-order valence-corrected chi connectivity index (χ2v) is 6.77. The first-order valence-corrected chi connectivity index (χ1v) is 8.68. The van der Waals surface area contributed by atoms with Crippen molar-refractivity contribution >= 4 is 43.4 Å². The minimum absolute atomic E-state index is 0.132. The Labute approximate surface area is 152 Å². The van der Waals surface area contributed by atoms with E-state index in [1.807, 2.05) is 43.3 Å². The number of nitrogens with zero attached hydrogens (tertiary/aromatic N) is 2. The highest BCUT2D eigenvalue weighted by Gasteiger charge is 2.13. The maximum Gasteiger partial charge on any atom is 0.258 e. The molecule has 0 amide bonds. The molecular weight excluding hydrogens is 380 g/mol. The van der Waals surface area contributed by atoms with Crippen molar-refractivity contribution in [3.05, 3.63) is 74.9 Å². The van der Waals surface area contributed by atoms with E-state index in [4.69, 9.17) is 4.98 Å². The monoisotopic (exact) mass is 394 g/mol. The van der Waals surface area contributed by atoms with Crippen molar-refractivity contribution in [2.45, 2.75) is 13.5 Å². The Bertz CT molecular complexity index is 1140. The van der Waals surface area contributed by atoms with Crippen molar-refractivity contribution in [1.82, 2.24) is 15.0 Å². The third-order valence-electron chi connectivity index (χ3n) is 4.15. The Kier molecular flexibility index (Phi) is 3.97. The zero-order valence-corrected chi connectivity index (χ0v) is 15.1. The second kappa shape index (κ2) is 6.29. The van der Waals surface area contributed by atoms with Gasteiger partial charge < -0.3 is 10.3 Å². The van der Waals surface area contributed by atoms with E-state index >= 15 is 0 Å². The number of benzene rings is 1. The van der Waals surface area contributed by atoms with Gasteiger partial charge in [-0.25, -0.2) is 4.98 Å². The van der Waals surface area contributed by atoms with Gasteiger partial charge in [0.15, 0.2) is 0 Å². The fraction of sp³-hybridized carbons (Fsp3) is 0.105. The van der Waals surface area contributed by atoms with Crippen LogP contribution in [0.3, 0.4) is 0 Å². The van der Waals surface area contributed by atoms with Gasteiger partial charge in [-0.2, -0.15) is 0 Å². The van der Waals surface area contributed by atoms with E-state index < -0.39 is 0 Å². The molecule has 0 aliphatic heterocycles. The molecule has 0 aliphatic rings. The Balaban J connectivity index is 1.94. The van der Waals surface area contributed by atoms with Crippen LogP contribution in [0.1, 0.15) is 11.3 Å². The van der Waals surface area contributed by atoms with Crippen LogP contribution in [-0.4, -0.2) is 15.0 Å². The fourth-order valence-electron chi connectivity index (χ4n) is 2.93. The Morgan fingerprint density at radius 2 is 2.08 bits per heavy atom. The van der Waals surface area contributed by atoms with Gasteiger partial charge in [-0.05, 0) is 42.8 Å². The van der Waals surface area contributed by atoms with Crippen molar-refractivity contribution < 1.29 is 0 Å². The van der Waals surface area contributed by atoms with Gasteiger partial charge in [0.2, 0.25) is 0 Å². The molecule has 0 spiro atoms. The normalized spacial score (nSPS) is 11.1. The Hall–Kier alpha value is -2.73. The average Bonchev–Trinajstić information content (AvgIpc) is 2.63. The number of H-pyrrole nitrogens is 1. The topological polar surface area (TPSA) is 70.7 Å². The number of hydrogen-bond donors (Lipinski definition) is 2. The van der Waals surface area contributed by atoms with Crippen LogP contribution >= 0.6 is 15.9 Å². The molecule has 25 heavy (non-hydrogen) atoms. The SMILES string of the molecule is Cc1c[nH]c(=O)c2c1nc(NCc1ccccn1)c1ccc(Br)cc12. The fourth-order valence-corrected chi connectivity index (χ4v) is 3.29. The molecule has 0 bridgehead atoms. The number of aromatic nitrogens is 3. The summed E-state index contributed by atoms with van der Waals surface area (Å²) in [5.41, 5.74) is 2.43. The molecule has 0 atom stereocenters. The number of rotatable bonds is 3. The summed E-state index contributed by atoms with van der Waals surface area (Å²) >= 11 is 3.50. The summed E-state index contributed by atoms with van der Waals surface area (Å²) in [7, 11) is 0. The maximum absolute atomic E-state index is 12.4. The molecule has 0 saturated carbocycles. The smallest absolute Gasteiger partial charge is 0.258 e. The lowest BCUT2D eigenvalue weighted by Gasteiger charge is -2.12. The van der Waals surface area contributed by atoms with Crippen molar-refractivity contribution in [1.29, 1.82) is 0 Å². The van der Waals surface area contributed by atoms with E-state index in [9.17, 15) is 4.79 Å². The minimum atomic E-state index is -0.132. The summed E-state index contributed by atoms with van der Waals surface area (Å²) in [4.78, 5) is 24.3. The van der Waals surface area contributed by atoms with E-state index in [0.717, 1.165) is 32.3 Å². The van der Waals surface area contributed by atoms with Gasteiger partial charge in [-0.3, -0.25) is 9.78 Å². The number of aromatic amines is 1. The largest absolute Gasteiger partial charge is 0.364 e. The highest BCUT2D eigenvalue weighted by molar-refractivity contribution is 9.10. The average molecular weight is 395 g/mol. The molecule has 0 saturated heterocycles. The number of pyridine rings is 3. The number of anilines is 1. The first-order chi connectivity index (χ1) is 12.1. The van der Waals surface area contributed by atoms with Gasteiger partial charge in [0, 0.05) is 27.6 Å². The van der Waals surface area contributed by atoms with Crippen LogP contribution in [0.15, 0.2) is 58.1 Å². The molecule has 3 heterocycles. The van der Waals surface area contributed by atoms with Crippen molar-refractivity contribution in [3.8, 4) is 0 Å². The van der Waals surface area contributed by atoms with Crippen molar-refractivity contribution in [2.75, 3.05) is 5.32 Å². The zero-order valence-electron chi connectivity index (χ0n) is 13.5. The van der Waals surface area contributed by atoms with Crippen LogP contribution in [0.2, 0.25) is 0 Å². The van der Waals surface area contributed by atoms with Crippen LogP contribution < -0.4 is 10.9 Å². The molecule has 2 N–H and O–H groups in total. The van der Waals surface area contributed by atoms with Gasteiger partial charge in [0.05, 0.1) is 23.1 Å². The molecule has 1 aromatic carbocycles. The second-order valence-electron chi connectivity index (χ2n) is 5.85. The summed E-state index contributed by atoms with van der Waals surface area (Å²) < 4.78 is 0.920. The van der Waals surface area contributed by atoms with E-state index in [0.29, 0.717) is 17.4 Å². The molecule has 3 aromatic heterocycles. The first kappa shape index (κ1) is 15.8. The summed E-state index contributed by atoms with van der Waals surface area (Å²) in [6.07, 6.45) is 3.47. The molecule has 5 nitrogen and oxygen atoms in total. The zero-order chi connectivity index (χ0) is 17.4. The summed E-state index contributed by atoms with van der Waals surface area (Å²) in [6, 6.07) is 11.7. The molecule has 0 aliphatic carbocycles. The van der Waals surface area contributed by atoms with Gasteiger partial charge in [-0.1, -0.05) is 22.0 Å². The number of nitrogens with one attached hydrogen (secondary N) is 2. The van der Waals surface area contributed by atoms with Crippen LogP contribution in [0, 0.1) is 6.92 Å². The lowest BCUT2D eigenvalue weighted by Crippen LogP contribution is -2.10. The van der Waals surface area contributed by atoms with Crippen LogP contribution in [0.25, 0.3) is 21.7 Å². The Morgan fingerprint density at radius 3 is 2.88 bits per heavy atom. The molecule has 124 valence electrons. The summed E-state index contributed by atoms with van der Waals surface area (Å²) in [6.45, 7) is 2.50. The number of halogens is 1. The Morgan fingerprint density at radius 1 is 1.20 bits per heavy atom. The molecule has 0 radical (unpaired) electrons. The summed E-state index contributed by atoms with van der Waals surface area (Å²) in [5, 5.41) is 5.75. The van der Waals surface area contributed by atoms with E-state index in [1.165, 1.54) is 0 Å². The highest BCUT2D eigenvalue weighted by Crippen LogP contribution is 2.31. The van der Waals surface area contributed by atoms with E-state index in [2.05, 4.69) is 31.2 Å². The predicted octanol–water partition coefficient (Wildman–Crippen LogP) is 4.15. The summed E-state index contributed by atoms with van der Waals surface area (Å²) in [5.74, 6) is 0.745. The minimum Gasteiger partial charge on any atom is -0.364 e. The van der Waals surface area contributed by atoms with E-state index in [-0.39, 0.29) is 5.56 Å². The van der Waals surface area contributed by atoms with Gasteiger partial charge >= 0.3 is 0 Å². The molecule has 0 unspecified atom stereocenters. The number of fused-ring (bicyclic) bond motifs is 3. The molecular formula is C19H15BrN4O. The van der Waals surface area contributed by atoms with Gasteiger partial charge in [0.25, 0.3) is 5.56 Å². The van der Waals surface area contributed by atoms with Crippen LogP contribution in [-0.2, 0) is 6.54 Å². The van der Waals surface area contributed by atoms with Crippen LogP contribution in [0.4, 0.5) is 5.82 Å². The third-order valence-corrected chi connectivity index (χ3v) is 4.64. The standard InChI is InChI=1S/C19H15BrN4O/c1-11-9-23-19(25)16-15-8-12(20)5-6-14(15)18(24-17(11)16)22-10-13-4-2-3-7-21-13/h2-9H,10H2,1H3,(H,22,24)(H,23,25). The van der Waals surface area contributed by atoms with Crippen LogP contribution in [0.5, 0.6) is 0 Å². The lowest BCUT2D eigenvalue weighted by atomic mass is 10.1. The molecule has 4 aromatic rings. The predicted molar refractivity (Wildman–Crippen MR) is 104 cm³/mol. The van der Waals surface area contributed by atoms with Gasteiger partial charge in [0.1, 0.15) is 5.82 Å².